The van der Waals surface area contributed by atoms with Crippen LogP contribution in [-0.2, 0) is 0 Å². The second kappa shape index (κ2) is 3.72. The molecule has 8 heavy (non-hydrogen) atoms. The van der Waals surface area contributed by atoms with Crippen LogP contribution in [-0.4, -0.2) is 8.52 Å². The molecule has 0 rings (SSSR count). The van der Waals surface area contributed by atoms with E-state index in [4.69, 9.17) is 0 Å². The van der Waals surface area contributed by atoms with Crippen molar-refractivity contribution in [3.63, 3.8) is 0 Å². The van der Waals surface area contributed by atoms with Gasteiger partial charge < -0.3 is 0 Å². The van der Waals surface area contributed by atoms with Crippen molar-refractivity contribution >= 4 is 49.2 Å². The van der Waals surface area contributed by atoms with Gasteiger partial charge in [0, 0.05) is 0 Å². The van der Waals surface area contributed by atoms with E-state index in [9.17, 15) is 0 Å². The first-order chi connectivity index (χ1) is 3.62. The van der Waals surface area contributed by atoms with Crippen LogP contribution in [0.3, 0.4) is 0 Å². The molecule has 0 spiro atoms. The average Bonchev–Trinajstić information content (AvgIpc) is 1.67. The molecule has 0 N–H and O–H groups in total. The molecule has 0 saturated carbocycles. The second-order valence-corrected chi connectivity index (χ2v) is 5.09. The molecule has 0 aliphatic rings. The Morgan fingerprint density at radius 1 is 1.75 bits per heavy atom. The highest BCUT2D eigenvalue weighted by atomic mass is 79.9. The Bertz CT molecular complexity index is 117. The van der Waals surface area contributed by atoms with Crippen LogP contribution in [0.5, 0.6) is 0 Å². The maximum Gasteiger partial charge on any atom is 0.179 e. The molecule has 0 heterocycles. The van der Waals surface area contributed by atoms with Crippen LogP contribution in [0.1, 0.15) is 13.3 Å². The van der Waals surface area contributed by atoms with Crippen LogP contribution < -0.4 is 0 Å². The first kappa shape index (κ1) is 8.76. The van der Waals surface area contributed by atoms with Crippen LogP contribution >= 0.6 is 44.1 Å². The van der Waals surface area contributed by atoms with Gasteiger partial charge in [-0.3, -0.25) is 0 Å². The van der Waals surface area contributed by atoms with E-state index >= 15 is 0 Å². The van der Waals surface area contributed by atoms with Crippen LogP contribution in [0, 0.1) is 0 Å². The van der Waals surface area contributed by atoms with E-state index in [0.717, 1.165) is 6.42 Å². The number of thiocarbonyl (C=S) groups is 1. The molecule has 0 amide bonds. The Labute approximate surface area is 70.8 Å². The molecule has 0 aromatic heterocycles. The number of isothiocyanates is 1. The fraction of sp³-hybridized carbons (Fsp3) is 0.750. The van der Waals surface area contributed by atoms with E-state index in [2.05, 4.69) is 54.2 Å². The summed E-state index contributed by atoms with van der Waals surface area (Å²) in [7, 11) is 0. The monoisotopic (exact) mass is 257 g/mol. The zero-order chi connectivity index (χ0) is 6.62. The second-order valence-electron chi connectivity index (χ2n) is 1.22. The number of alkyl halides is 2. The van der Waals surface area contributed by atoms with E-state index in [1.54, 1.807) is 0 Å². The molecule has 0 bridgehead atoms. The van der Waals surface area contributed by atoms with Crippen molar-refractivity contribution < 1.29 is 0 Å². The van der Waals surface area contributed by atoms with Gasteiger partial charge in [0.15, 0.2) is 3.36 Å². The smallest absolute Gasteiger partial charge is 0.179 e. The highest BCUT2D eigenvalue weighted by Gasteiger charge is 2.16. The Morgan fingerprint density at radius 2 is 2.25 bits per heavy atom. The van der Waals surface area contributed by atoms with Crippen molar-refractivity contribution in [3.8, 4) is 0 Å². The zero-order valence-corrected chi connectivity index (χ0v) is 8.31. The summed E-state index contributed by atoms with van der Waals surface area (Å²) in [5.74, 6) is 0. The topological polar surface area (TPSA) is 12.4 Å². The van der Waals surface area contributed by atoms with Crippen molar-refractivity contribution in [2.24, 2.45) is 4.99 Å². The first-order valence-electron chi connectivity index (χ1n) is 2.09. The lowest BCUT2D eigenvalue weighted by Gasteiger charge is -2.07. The van der Waals surface area contributed by atoms with Crippen molar-refractivity contribution in [3.05, 3.63) is 0 Å². The summed E-state index contributed by atoms with van der Waals surface area (Å²) in [6.07, 6.45) is 0.844. The predicted octanol–water partition coefficient (Wildman–Crippen LogP) is 2.94. The van der Waals surface area contributed by atoms with Gasteiger partial charge >= 0.3 is 0 Å². The Kier molecular flexibility index (Phi) is 4.08. The van der Waals surface area contributed by atoms with Gasteiger partial charge in [-0.2, -0.15) is 0 Å². The van der Waals surface area contributed by atoms with Gasteiger partial charge in [-0.25, -0.2) is 4.99 Å². The summed E-state index contributed by atoms with van der Waals surface area (Å²) in [5, 5.41) is 2.27. The van der Waals surface area contributed by atoms with Crippen LogP contribution in [0.4, 0.5) is 0 Å². The standard InChI is InChI=1S/C4H5Br2NS/c1-2-4(5,6)7-3-8/h2H2,1H3. The summed E-state index contributed by atoms with van der Waals surface area (Å²) in [6.45, 7) is 1.99. The van der Waals surface area contributed by atoms with Crippen molar-refractivity contribution in [1.82, 2.24) is 0 Å². The fourth-order valence-electron chi connectivity index (χ4n) is 0.146. The largest absolute Gasteiger partial charge is 0.202 e. The molecule has 0 unspecified atom stereocenters. The third kappa shape index (κ3) is 3.72. The first-order valence-corrected chi connectivity index (χ1v) is 4.08. The molecule has 0 aromatic rings. The summed E-state index contributed by atoms with van der Waals surface area (Å²) in [6, 6.07) is 0. The number of aliphatic imine (C=N–C) groups is 1. The summed E-state index contributed by atoms with van der Waals surface area (Å²) >= 11 is 10.9. The number of hydrogen-bond acceptors (Lipinski definition) is 2. The molecule has 0 aliphatic carbocycles. The molecule has 1 nitrogen and oxygen atoms in total. The van der Waals surface area contributed by atoms with Gasteiger partial charge in [0.1, 0.15) is 0 Å². The molecule has 46 valence electrons. The quantitative estimate of drug-likeness (QED) is 0.321. The van der Waals surface area contributed by atoms with Gasteiger partial charge in [0.05, 0.1) is 5.16 Å². The van der Waals surface area contributed by atoms with E-state index in [0.29, 0.717) is 0 Å². The third-order valence-corrected chi connectivity index (χ3v) is 2.20. The van der Waals surface area contributed by atoms with E-state index < -0.39 is 0 Å². The van der Waals surface area contributed by atoms with E-state index in [-0.39, 0.29) is 3.36 Å². The number of nitrogens with zero attached hydrogens (tertiary/aromatic N) is 1. The maximum atomic E-state index is 4.39. The van der Waals surface area contributed by atoms with E-state index in [1.807, 2.05) is 6.92 Å². The van der Waals surface area contributed by atoms with Crippen LogP contribution in [0.25, 0.3) is 0 Å². The predicted molar refractivity (Wildman–Crippen MR) is 45.9 cm³/mol. The van der Waals surface area contributed by atoms with E-state index in [1.165, 1.54) is 0 Å². The minimum Gasteiger partial charge on any atom is -0.202 e. The Morgan fingerprint density at radius 3 is 2.38 bits per heavy atom. The minimum absolute atomic E-state index is 0.373. The number of halogens is 2. The molecular weight excluding hydrogens is 254 g/mol. The summed E-state index contributed by atoms with van der Waals surface area (Å²) in [5.41, 5.74) is 0. The lowest BCUT2D eigenvalue weighted by atomic mass is 10.5. The summed E-state index contributed by atoms with van der Waals surface area (Å²) in [4.78, 5) is 3.77. The number of hydrogen-bond donors (Lipinski definition) is 0. The molecule has 0 aromatic carbocycles. The van der Waals surface area contributed by atoms with Crippen molar-refractivity contribution in [2.75, 3.05) is 0 Å². The SMILES string of the molecule is CCC(Br)(Br)N=C=S. The molecule has 4 heteroatoms. The minimum atomic E-state index is -0.373. The normalized spacial score (nSPS) is 10.4. The molecule has 0 radical (unpaired) electrons. The molecular formula is C4H5Br2NS. The highest BCUT2D eigenvalue weighted by Crippen LogP contribution is 2.30. The molecule has 0 fully saturated rings. The van der Waals surface area contributed by atoms with Crippen molar-refractivity contribution in [1.29, 1.82) is 0 Å². The van der Waals surface area contributed by atoms with Gasteiger partial charge in [-0.1, -0.05) is 6.92 Å². The Hall–Kier alpha value is 0.760. The fourth-order valence-corrected chi connectivity index (χ4v) is 0.714. The zero-order valence-electron chi connectivity index (χ0n) is 4.32. The highest BCUT2D eigenvalue weighted by molar-refractivity contribution is 9.25. The molecule has 0 atom stereocenters. The van der Waals surface area contributed by atoms with Crippen LogP contribution in [0.15, 0.2) is 4.99 Å². The lowest BCUT2D eigenvalue weighted by molar-refractivity contribution is 0.848. The number of rotatable bonds is 2. The third-order valence-electron chi connectivity index (χ3n) is 0.635. The average molecular weight is 259 g/mol. The van der Waals surface area contributed by atoms with Crippen LogP contribution in [0.2, 0.25) is 0 Å². The molecule has 0 aliphatic heterocycles. The van der Waals surface area contributed by atoms with Gasteiger partial charge in [-0.15, -0.1) is 0 Å². The van der Waals surface area contributed by atoms with Gasteiger partial charge in [0.25, 0.3) is 0 Å². The maximum absolute atomic E-state index is 4.39. The van der Waals surface area contributed by atoms with Gasteiger partial charge in [0.2, 0.25) is 0 Å². The summed E-state index contributed by atoms with van der Waals surface area (Å²) < 4.78 is -0.373. The van der Waals surface area contributed by atoms with Crippen molar-refractivity contribution in [2.45, 2.75) is 16.7 Å². The lowest BCUT2D eigenvalue weighted by Crippen LogP contribution is -2.02. The van der Waals surface area contributed by atoms with Gasteiger partial charge in [-0.05, 0) is 50.5 Å². The molecule has 0 saturated heterocycles. The Balaban J connectivity index is 3.90.